The van der Waals surface area contributed by atoms with Crippen molar-refractivity contribution < 1.29 is 22.4 Å². The van der Waals surface area contributed by atoms with Crippen LogP contribution in [-0.4, -0.2) is 15.6 Å². The molecule has 0 bridgehead atoms. The minimum atomic E-state index is -4.61. The maximum atomic E-state index is 13.3. The Kier molecular flexibility index (Phi) is 5.34. The number of anilines is 1. The molecule has 146 valence electrons. The molecule has 0 aliphatic carbocycles. The zero-order valence-electron chi connectivity index (χ0n) is 14.7. The van der Waals surface area contributed by atoms with Crippen molar-refractivity contribution in [2.24, 2.45) is 7.05 Å². The molecular formula is C19H16F4N4O. The van der Waals surface area contributed by atoms with Crippen molar-refractivity contribution in [2.45, 2.75) is 12.2 Å². The molecule has 1 unspecified atom stereocenters. The van der Waals surface area contributed by atoms with Gasteiger partial charge in [0.25, 0.3) is 0 Å². The molecule has 2 aromatic carbocycles. The highest BCUT2D eigenvalue weighted by molar-refractivity contribution is 5.90. The maximum Gasteiger partial charge on any atom is 0.418 e. The number of carbonyl (C=O) groups excluding carboxylic acids is 1. The number of hydrogen-bond donors (Lipinski definition) is 2. The van der Waals surface area contributed by atoms with Gasteiger partial charge in [0.05, 0.1) is 11.3 Å². The van der Waals surface area contributed by atoms with Gasteiger partial charge in [0, 0.05) is 19.4 Å². The number of imidazole rings is 1. The SMILES string of the molecule is Cn1ccnc1C(NC(=O)Nc1ccccc1C(F)(F)F)c1ccc(F)cc1. The van der Waals surface area contributed by atoms with Crippen molar-refractivity contribution >= 4 is 11.7 Å². The summed E-state index contributed by atoms with van der Waals surface area (Å²) in [7, 11) is 1.71. The molecule has 3 aromatic rings. The number of nitrogens with zero attached hydrogens (tertiary/aromatic N) is 2. The van der Waals surface area contributed by atoms with Gasteiger partial charge in [0.2, 0.25) is 0 Å². The minimum absolute atomic E-state index is 0.370. The Labute approximate surface area is 158 Å². The maximum absolute atomic E-state index is 13.3. The van der Waals surface area contributed by atoms with Crippen LogP contribution in [0.1, 0.15) is 23.0 Å². The number of hydrogen-bond acceptors (Lipinski definition) is 2. The lowest BCUT2D eigenvalue weighted by Crippen LogP contribution is -2.35. The Morgan fingerprint density at radius 3 is 2.39 bits per heavy atom. The van der Waals surface area contributed by atoms with Crippen LogP contribution < -0.4 is 10.6 Å². The Balaban J connectivity index is 1.87. The average molecular weight is 392 g/mol. The molecule has 0 fully saturated rings. The predicted molar refractivity (Wildman–Crippen MR) is 95.0 cm³/mol. The van der Waals surface area contributed by atoms with Gasteiger partial charge in [-0.3, -0.25) is 0 Å². The number of carbonyl (C=O) groups is 1. The second-order valence-corrected chi connectivity index (χ2v) is 6.02. The highest BCUT2D eigenvalue weighted by Crippen LogP contribution is 2.34. The Morgan fingerprint density at radius 2 is 1.79 bits per heavy atom. The second-order valence-electron chi connectivity index (χ2n) is 6.02. The largest absolute Gasteiger partial charge is 0.418 e. The zero-order chi connectivity index (χ0) is 20.3. The molecule has 1 aromatic heterocycles. The minimum Gasteiger partial charge on any atom is -0.336 e. The van der Waals surface area contributed by atoms with Crippen molar-refractivity contribution in [1.82, 2.24) is 14.9 Å². The Bertz CT molecular complexity index is 967. The van der Waals surface area contributed by atoms with Gasteiger partial charge in [-0.25, -0.2) is 14.2 Å². The summed E-state index contributed by atoms with van der Waals surface area (Å²) in [6.07, 6.45) is -1.44. The van der Waals surface area contributed by atoms with Crippen molar-refractivity contribution in [1.29, 1.82) is 0 Å². The quantitative estimate of drug-likeness (QED) is 0.643. The van der Waals surface area contributed by atoms with Crippen LogP contribution in [0.3, 0.4) is 0 Å². The molecule has 0 saturated heterocycles. The first-order chi connectivity index (χ1) is 13.3. The van der Waals surface area contributed by atoms with Crippen LogP contribution in [0.2, 0.25) is 0 Å². The fraction of sp³-hybridized carbons (Fsp3) is 0.158. The second kappa shape index (κ2) is 7.71. The number of amides is 2. The molecule has 0 aliphatic heterocycles. The van der Waals surface area contributed by atoms with E-state index in [2.05, 4.69) is 15.6 Å². The topological polar surface area (TPSA) is 59.0 Å². The van der Waals surface area contributed by atoms with E-state index in [0.29, 0.717) is 11.4 Å². The van der Waals surface area contributed by atoms with Gasteiger partial charge in [-0.1, -0.05) is 24.3 Å². The van der Waals surface area contributed by atoms with Crippen molar-refractivity contribution in [3.05, 3.63) is 83.7 Å². The van der Waals surface area contributed by atoms with E-state index < -0.39 is 29.6 Å². The van der Waals surface area contributed by atoms with Gasteiger partial charge in [-0.15, -0.1) is 0 Å². The summed E-state index contributed by atoms with van der Waals surface area (Å²) < 4.78 is 54.3. The van der Waals surface area contributed by atoms with Crippen LogP contribution in [-0.2, 0) is 13.2 Å². The summed E-state index contributed by atoms with van der Waals surface area (Å²) in [4.78, 5) is 16.6. The number of aryl methyl sites for hydroxylation is 1. The number of halogens is 4. The molecule has 0 radical (unpaired) electrons. The molecule has 1 heterocycles. The number of aromatic nitrogens is 2. The monoisotopic (exact) mass is 392 g/mol. The molecule has 1 atom stereocenters. The van der Waals surface area contributed by atoms with Gasteiger partial charge < -0.3 is 15.2 Å². The third-order valence-corrected chi connectivity index (χ3v) is 4.08. The van der Waals surface area contributed by atoms with E-state index in [1.807, 2.05) is 0 Å². The van der Waals surface area contributed by atoms with Gasteiger partial charge in [-0.05, 0) is 29.8 Å². The fourth-order valence-corrected chi connectivity index (χ4v) is 2.74. The van der Waals surface area contributed by atoms with Gasteiger partial charge in [-0.2, -0.15) is 13.2 Å². The highest BCUT2D eigenvalue weighted by Gasteiger charge is 2.33. The van der Waals surface area contributed by atoms with Crippen LogP contribution in [0.4, 0.5) is 28.0 Å². The third kappa shape index (κ3) is 4.30. The molecule has 0 saturated carbocycles. The predicted octanol–water partition coefficient (Wildman–Crippen LogP) is 4.49. The number of nitrogens with one attached hydrogen (secondary N) is 2. The van der Waals surface area contributed by atoms with E-state index >= 15 is 0 Å². The molecule has 3 rings (SSSR count). The van der Waals surface area contributed by atoms with E-state index in [1.165, 1.54) is 42.6 Å². The summed E-state index contributed by atoms with van der Waals surface area (Å²) in [5, 5.41) is 4.83. The summed E-state index contributed by atoms with van der Waals surface area (Å²) in [5.74, 6) is -0.0169. The lowest BCUT2D eigenvalue weighted by molar-refractivity contribution is -0.136. The van der Waals surface area contributed by atoms with Crippen molar-refractivity contribution in [3.63, 3.8) is 0 Å². The van der Waals surface area contributed by atoms with Crippen molar-refractivity contribution in [2.75, 3.05) is 5.32 Å². The van der Waals surface area contributed by atoms with Crippen molar-refractivity contribution in [3.8, 4) is 0 Å². The Morgan fingerprint density at radius 1 is 1.11 bits per heavy atom. The van der Waals surface area contributed by atoms with Crippen LogP contribution in [0.5, 0.6) is 0 Å². The number of rotatable bonds is 4. The first-order valence-corrected chi connectivity index (χ1v) is 8.22. The lowest BCUT2D eigenvalue weighted by atomic mass is 10.1. The normalized spacial score (nSPS) is 12.5. The Hall–Kier alpha value is -3.36. The molecule has 0 spiro atoms. The van der Waals surface area contributed by atoms with E-state index in [9.17, 15) is 22.4 Å². The third-order valence-electron chi connectivity index (χ3n) is 4.08. The molecule has 28 heavy (non-hydrogen) atoms. The zero-order valence-corrected chi connectivity index (χ0v) is 14.7. The van der Waals surface area contributed by atoms with E-state index in [1.54, 1.807) is 17.8 Å². The van der Waals surface area contributed by atoms with Crippen LogP contribution >= 0.6 is 0 Å². The molecular weight excluding hydrogens is 376 g/mol. The summed E-state index contributed by atoms with van der Waals surface area (Å²) >= 11 is 0. The fourth-order valence-electron chi connectivity index (χ4n) is 2.74. The van der Waals surface area contributed by atoms with E-state index in [4.69, 9.17) is 0 Å². The molecule has 0 aliphatic rings. The number of urea groups is 1. The van der Waals surface area contributed by atoms with Gasteiger partial charge in [0.15, 0.2) is 0 Å². The van der Waals surface area contributed by atoms with Gasteiger partial charge >= 0.3 is 12.2 Å². The van der Waals surface area contributed by atoms with E-state index in [0.717, 1.165) is 12.1 Å². The molecule has 5 nitrogen and oxygen atoms in total. The van der Waals surface area contributed by atoms with Gasteiger partial charge in [0.1, 0.15) is 17.7 Å². The first-order valence-electron chi connectivity index (χ1n) is 8.22. The summed E-state index contributed by atoms with van der Waals surface area (Å²) in [5.41, 5.74) is -0.805. The van der Waals surface area contributed by atoms with Crippen LogP contribution in [0.15, 0.2) is 60.9 Å². The molecule has 9 heteroatoms. The van der Waals surface area contributed by atoms with Crippen LogP contribution in [0.25, 0.3) is 0 Å². The molecule has 2 amide bonds. The lowest BCUT2D eigenvalue weighted by Gasteiger charge is -2.20. The smallest absolute Gasteiger partial charge is 0.336 e. The van der Waals surface area contributed by atoms with Crippen LogP contribution in [0, 0.1) is 5.82 Å². The summed E-state index contributed by atoms with van der Waals surface area (Å²) in [6, 6.07) is 8.42. The number of benzene rings is 2. The standard InChI is InChI=1S/C19H16F4N4O/c1-27-11-10-24-17(27)16(12-6-8-13(20)9-7-12)26-18(28)25-15-5-3-2-4-14(15)19(21,22)23/h2-11,16H,1H3,(H2,25,26,28). The molecule has 2 N–H and O–H groups in total. The van der Waals surface area contributed by atoms with E-state index in [-0.39, 0.29) is 5.69 Å². The number of alkyl halides is 3. The summed E-state index contributed by atoms with van der Waals surface area (Å²) in [6.45, 7) is 0. The highest BCUT2D eigenvalue weighted by atomic mass is 19.4. The average Bonchev–Trinajstić information content (AvgIpc) is 3.06. The number of para-hydroxylation sites is 1. The first kappa shape index (κ1) is 19.4.